The normalized spacial score (nSPS) is 38.2. The number of aliphatic hydroxyl groups excluding tert-OH is 2. The van der Waals surface area contributed by atoms with Crippen molar-refractivity contribution in [2.45, 2.75) is 148 Å². The van der Waals surface area contributed by atoms with Gasteiger partial charge in [-0.05, 0) is 123 Å². The summed E-state index contributed by atoms with van der Waals surface area (Å²) in [5, 5.41) is 22.7. The van der Waals surface area contributed by atoms with Crippen LogP contribution >= 0.6 is 0 Å². The van der Waals surface area contributed by atoms with Crippen LogP contribution in [-0.2, 0) is 19.2 Å². The molecule has 0 heterocycles. The van der Waals surface area contributed by atoms with Crippen LogP contribution in [0.15, 0.2) is 0 Å². The lowest BCUT2D eigenvalue weighted by Crippen LogP contribution is -2.63. The van der Waals surface area contributed by atoms with Gasteiger partial charge in [0.1, 0.15) is 17.3 Å². The van der Waals surface area contributed by atoms with Crippen molar-refractivity contribution < 1.29 is 29.4 Å². The van der Waals surface area contributed by atoms with Crippen LogP contribution in [0.2, 0.25) is 0 Å². The maximum absolute atomic E-state index is 12.8. The van der Waals surface area contributed by atoms with Crippen LogP contribution < -0.4 is 17.2 Å². The Hall–Kier alpha value is -1.68. The van der Waals surface area contributed by atoms with E-state index in [1.54, 1.807) is 0 Å². The second-order valence-corrected chi connectivity index (χ2v) is 16.3. The standard InChI is InChI=1S/C37H63N3O6/c1-22(6-15-34(40)46)28-12-13-29-35-30(16-17-36(28,29)2)37(3)23(20-33(35)45)19-27(44)21-31(37)32(39)14-11-26(43)10-9-25(42)8-7-24(41)5-4-18-38/h22-23,27-33,35,44-45H,4-21,38-39H2,1-3H3,(H2,40,46)/t22-,23?,27+,28-,29?,30?,31?,32?,33-,35?,36-,37+/m1/s1. The molecule has 9 nitrogen and oxygen atoms in total. The lowest BCUT2D eigenvalue weighted by atomic mass is 9.41. The molecule has 9 heteroatoms. The molecular weight excluding hydrogens is 582 g/mol. The molecule has 6 unspecified atom stereocenters. The number of aliphatic hydroxyl groups is 2. The number of Topliss-reactive ketones (excluding diaryl/α,β-unsaturated/α-hetero) is 3. The van der Waals surface area contributed by atoms with E-state index in [-0.39, 0.29) is 83.6 Å². The van der Waals surface area contributed by atoms with E-state index in [2.05, 4.69) is 20.8 Å². The van der Waals surface area contributed by atoms with E-state index in [0.717, 1.165) is 32.1 Å². The number of primary amides is 1. The van der Waals surface area contributed by atoms with Gasteiger partial charge in [-0.15, -0.1) is 0 Å². The third kappa shape index (κ3) is 7.95. The molecule has 0 spiro atoms. The summed E-state index contributed by atoms with van der Waals surface area (Å²) in [6.45, 7) is 7.52. The molecule has 12 atom stereocenters. The maximum Gasteiger partial charge on any atom is 0.217 e. The molecule has 4 saturated carbocycles. The monoisotopic (exact) mass is 645 g/mol. The van der Waals surface area contributed by atoms with Gasteiger partial charge in [-0.3, -0.25) is 19.2 Å². The largest absolute Gasteiger partial charge is 0.393 e. The van der Waals surface area contributed by atoms with Crippen LogP contribution in [0.3, 0.4) is 0 Å². The Morgan fingerprint density at radius 3 is 2.04 bits per heavy atom. The van der Waals surface area contributed by atoms with Gasteiger partial charge < -0.3 is 27.4 Å². The fraction of sp³-hybridized carbons (Fsp3) is 0.892. The van der Waals surface area contributed by atoms with E-state index in [1.165, 1.54) is 0 Å². The van der Waals surface area contributed by atoms with Crippen molar-refractivity contribution in [3.8, 4) is 0 Å². The third-order valence-corrected chi connectivity index (χ3v) is 13.8. The van der Waals surface area contributed by atoms with E-state index < -0.39 is 12.2 Å². The number of nitrogens with two attached hydrogens (primary N) is 3. The molecule has 8 N–H and O–H groups in total. The number of ketones is 3. The van der Waals surface area contributed by atoms with Crippen molar-refractivity contribution in [2.24, 2.45) is 69.5 Å². The molecule has 0 radical (unpaired) electrons. The molecule has 0 aromatic carbocycles. The second kappa shape index (κ2) is 15.7. The molecule has 4 rings (SSSR count). The Balaban J connectivity index is 1.39. The van der Waals surface area contributed by atoms with Crippen molar-refractivity contribution in [3.05, 3.63) is 0 Å². The molecule has 1 amide bonds. The lowest BCUT2D eigenvalue weighted by Gasteiger charge is -2.65. The Bertz CT molecular complexity index is 1100. The fourth-order valence-corrected chi connectivity index (χ4v) is 11.3. The first-order chi connectivity index (χ1) is 21.7. The lowest BCUT2D eigenvalue weighted by molar-refractivity contribution is -0.198. The molecule has 4 fully saturated rings. The summed E-state index contributed by atoms with van der Waals surface area (Å²) in [6, 6.07) is -0.253. The molecule has 46 heavy (non-hydrogen) atoms. The van der Waals surface area contributed by atoms with Crippen molar-refractivity contribution in [1.29, 1.82) is 0 Å². The molecule has 0 aliphatic heterocycles. The Morgan fingerprint density at radius 1 is 0.783 bits per heavy atom. The molecule has 0 aromatic heterocycles. The van der Waals surface area contributed by atoms with Gasteiger partial charge in [0.05, 0.1) is 12.2 Å². The van der Waals surface area contributed by atoms with Crippen LogP contribution in [0, 0.1) is 52.3 Å². The van der Waals surface area contributed by atoms with Gasteiger partial charge in [0.25, 0.3) is 0 Å². The Kier molecular flexibility index (Phi) is 12.7. The first kappa shape index (κ1) is 37.1. The predicted octanol–water partition coefficient (Wildman–Crippen LogP) is 4.22. The fourth-order valence-electron chi connectivity index (χ4n) is 11.3. The van der Waals surface area contributed by atoms with Crippen LogP contribution in [0.5, 0.6) is 0 Å². The minimum atomic E-state index is -0.463. The van der Waals surface area contributed by atoms with Crippen LogP contribution in [0.1, 0.15) is 130 Å². The summed E-state index contributed by atoms with van der Waals surface area (Å²) in [7, 11) is 0. The van der Waals surface area contributed by atoms with Gasteiger partial charge in [-0.2, -0.15) is 0 Å². The minimum absolute atomic E-state index is 0.0177. The van der Waals surface area contributed by atoms with E-state index in [9.17, 15) is 29.4 Å². The van der Waals surface area contributed by atoms with E-state index in [4.69, 9.17) is 17.2 Å². The summed E-state index contributed by atoms with van der Waals surface area (Å²) in [6.07, 6.45) is 9.26. The van der Waals surface area contributed by atoms with Gasteiger partial charge in [-0.25, -0.2) is 0 Å². The van der Waals surface area contributed by atoms with E-state index in [0.29, 0.717) is 81.6 Å². The second-order valence-electron chi connectivity index (χ2n) is 16.3. The van der Waals surface area contributed by atoms with Crippen molar-refractivity contribution in [1.82, 2.24) is 0 Å². The highest BCUT2D eigenvalue weighted by atomic mass is 16.3. The Labute approximate surface area is 276 Å². The zero-order chi connectivity index (χ0) is 33.8. The topological polar surface area (TPSA) is 187 Å². The van der Waals surface area contributed by atoms with Gasteiger partial charge in [0, 0.05) is 51.0 Å². The molecule has 4 aliphatic rings. The van der Waals surface area contributed by atoms with Crippen LogP contribution in [0.4, 0.5) is 0 Å². The van der Waals surface area contributed by atoms with Gasteiger partial charge in [0.2, 0.25) is 5.91 Å². The maximum atomic E-state index is 12.8. The van der Waals surface area contributed by atoms with Gasteiger partial charge in [0.15, 0.2) is 0 Å². The summed E-state index contributed by atoms with van der Waals surface area (Å²) in [5.74, 6) is 1.82. The number of fused-ring (bicyclic) bond motifs is 5. The SMILES string of the molecule is C[C@H](CCC(N)=O)[C@H]1CCC2C3C(CC[C@@]21C)[C@]1(C)C(C[C@H](O)CC1C(N)CCC(=O)CCC(=O)CCC(=O)CCCN)C[C@H]3O. The minimum Gasteiger partial charge on any atom is -0.393 e. The first-order valence-electron chi connectivity index (χ1n) is 18.4. The zero-order valence-electron chi connectivity index (χ0n) is 28.8. The number of carbonyl (C=O) groups excluding carboxylic acids is 4. The number of amides is 1. The third-order valence-electron chi connectivity index (χ3n) is 13.8. The quantitative estimate of drug-likeness (QED) is 0.156. The molecule has 262 valence electrons. The first-order valence-corrected chi connectivity index (χ1v) is 18.4. The van der Waals surface area contributed by atoms with E-state index >= 15 is 0 Å². The summed E-state index contributed by atoms with van der Waals surface area (Å²) in [4.78, 5) is 48.5. The molecule has 4 aliphatic carbocycles. The van der Waals surface area contributed by atoms with Gasteiger partial charge >= 0.3 is 0 Å². The molecule has 0 saturated heterocycles. The highest BCUT2D eigenvalue weighted by Gasteiger charge is 2.65. The number of hydrogen-bond acceptors (Lipinski definition) is 8. The number of rotatable bonds is 17. The van der Waals surface area contributed by atoms with Crippen molar-refractivity contribution in [2.75, 3.05) is 6.54 Å². The van der Waals surface area contributed by atoms with Crippen molar-refractivity contribution in [3.63, 3.8) is 0 Å². The Morgan fingerprint density at radius 2 is 1.41 bits per heavy atom. The highest BCUT2D eigenvalue weighted by molar-refractivity contribution is 5.89. The van der Waals surface area contributed by atoms with Crippen LogP contribution in [-0.4, -0.2) is 58.3 Å². The van der Waals surface area contributed by atoms with Crippen molar-refractivity contribution >= 4 is 23.3 Å². The summed E-state index contributed by atoms with van der Waals surface area (Å²) < 4.78 is 0. The zero-order valence-corrected chi connectivity index (χ0v) is 28.8. The summed E-state index contributed by atoms with van der Waals surface area (Å²) >= 11 is 0. The van der Waals surface area contributed by atoms with E-state index in [1.807, 2.05) is 0 Å². The highest BCUT2D eigenvalue weighted by Crippen LogP contribution is 2.69. The molecule has 0 aromatic rings. The number of carbonyl (C=O) groups is 4. The smallest absolute Gasteiger partial charge is 0.217 e. The number of hydrogen-bond donors (Lipinski definition) is 5. The van der Waals surface area contributed by atoms with Crippen LogP contribution in [0.25, 0.3) is 0 Å². The average Bonchev–Trinajstić information content (AvgIpc) is 3.36. The van der Waals surface area contributed by atoms with Gasteiger partial charge in [-0.1, -0.05) is 20.8 Å². The summed E-state index contributed by atoms with van der Waals surface area (Å²) in [5.41, 5.74) is 17.9. The predicted molar refractivity (Wildman–Crippen MR) is 178 cm³/mol. The molecular formula is C37H63N3O6. The average molecular weight is 646 g/mol. The molecule has 0 bridgehead atoms.